The van der Waals surface area contributed by atoms with Crippen molar-refractivity contribution >= 4 is 17.5 Å². The van der Waals surface area contributed by atoms with Gasteiger partial charge >= 0.3 is 0 Å². The van der Waals surface area contributed by atoms with Gasteiger partial charge in [-0.05, 0) is 19.3 Å². The zero-order valence-electron chi connectivity index (χ0n) is 13.1. The first-order chi connectivity index (χ1) is 11.3. The van der Waals surface area contributed by atoms with Gasteiger partial charge in [0.2, 0.25) is 0 Å². The Morgan fingerprint density at radius 2 is 2.09 bits per heavy atom. The van der Waals surface area contributed by atoms with Crippen molar-refractivity contribution in [1.82, 2.24) is 14.8 Å². The Morgan fingerprint density at radius 3 is 2.78 bits per heavy atom. The van der Waals surface area contributed by atoms with Crippen molar-refractivity contribution in [3.8, 4) is 0 Å². The number of nitrogens with zero attached hydrogens (tertiary/aromatic N) is 3. The fourth-order valence-corrected chi connectivity index (χ4v) is 3.41. The Bertz CT molecular complexity index is 677. The second-order valence-corrected chi connectivity index (χ2v) is 6.82. The SMILES string of the molecule is C=CCn1c(SCCCC(=O)c2ccccc2)nnc1C1CC1. The highest BCUT2D eigenvalue weighted by Crippen LogP contribution is 2.40. The van der Waals surface area contributed by atoms with Crippen LogP contribution in [0.4, 0.5) is 0 Å². The Labute approximate surface area is 141 Å². The largest absolute Gasteiger partial charge is 0.302 e. The summed E-state index contributed by atoms with van der Waals surface area (Å²) in [4.78, 5) is 12.1. The summed E-state index contributed by atoms with van der Waals surface area (Å²) in [5.74, 6) is 2.75. The summed E-state index contributed by atoms with van der Waals surface area (Å²) in [6.45, 7) is 4.57. The van der Waals surface area contributed by atoms with Crippen molar-refractivity contribution < 1.29 is 4.79 Å². The molecule has 1 heterocycles. The van der Waals surface area contributed by atoms with Crippen LogP contribution in [-0.4, -0.2) is 26.3 Å². The minimum Gasteiger partial charge on any atom is -0.302 e. The second-order valence-electron chi connectivity index (χ2n) is 5.76. The van der Waals surface area contributed by atoms with Gasteiger partial charge in [-0.1, -0.05) is 48.2 Å². The Kier molecular flexibility index (Phi) is 5.28. The van der Waals surface area contributed by atoms with Gasteiger partial charge in [-0.2, -0.15) is 0 Å². The van der Waals surface area contributed by atoms with E-state index in [2.05, 4.69) is 21.3 Å². The minimum atomic E-state index is 0.206. The van der Waals surface area contributed by atoms with Gasteiger partial charge in [-0.25, -0.2) is 0 Å². The van der Waals surface area contributed by atoms with Crippen LogP contribution < -0.4 is 0 Å². The van der Waals surface area contributed by atoms with Crippen molar-refractivity contribution in [1.29, 1.82) is 0 Å². The monoisotopic (exact) mass is 327 g/mol. The summed E-state index contributed by atoms with van der Waals surface area (Å²) in [6.07, 6.45) is 5.73. The molecule has 1 aromatic heterocycles. The highest BCUT2D eigenvalue weighted by atomic mass is 32.2. The van der Waals surface area contributed by atoms with E-state index in [1.165, 1.54) is 12.8 Å². The van der Waals surface area contributed by atoms with E-state index < -0.39 is 0 Å². The molecule has 1 aliphatic carbocycles. The molecule has 0 saturated heterocycles. The highest BCUT2D eigenvalue weighted by molar-refractivity contribution is 7.99. The predicted molar refractivity (Wildman–Crippen MR) is 92.9 cm³/mol. The lowest BCUT2D eigenvalue weighted by Gasteiger charge is -2.06. The molecular weight excluding hydrogens is 306 g/mol. The Balaban J connectivity index is 1.51. The van der Waals surface area contributed by atoms with E-state index in [1.54, 1.807) is 11.8 Å². The van der Waals surface area contributed by atoms with Crippen molar-refractivity contribution in [2.24, 2.45) is 0 Å². The van der Waals surface area contributed by atoms with Gasteiger partial charge in [0, 0.05) is 30.2 Å². The smallest absolute Gasteiger partial charge is 0.191 e. The lowest BCUT2D eigenvalue weighted by Crippen LogP contribution is -2.03. The van der Waals surface area contributed by atoms with Gasteiger partial charge in [-0.3, -0.25) is 4.79 Å². The van der Waals surface area contributed by atoms with Gasteiger partial charge in [0.05, 0.1) is 0 Å². The number of thioether (sulfide) groups is 1. The van der Waals surface area contributed by atoms with Crippen LogP contribution in [0.3, 0.4) is 0 Å². The van der Waals surface area contributed by atoms with Crippen LogP contribution >= 0.6 is 11.8 Å². The van der Waals surface area contributed by atoms with Crippen molar-refractivity contribution in [3.63, 3.8) is 0 Å². The zero-order chi connectivity index (χ0) is 16.1. The standard InChI is InChI=1S/C18H21N3OS/c1-2-12-21-17(15-10-11-15)19-20-18(21)23-13-6-9-16(22)14-7-4-3-5-8-14/h2-5,7-8,15H,1,6,9-13H2. The molecule has 1 aliphatic rings. The number of rotatable bonds is 9. The molecule has 3 rings (SSSR count). The number of allylic oxidation sites excluding steroid dienone is 1. The maximum Gasteiger partial charge on any atom is 0.191 e. The third kappa shape index (κ3) is 4.10. The normalized spacial score (nSPS) is 13.9. The third-order valence-corrected chi connectivity index (χ3v) is 4.93. The molecule has 0 unspecified atom stereocenters. The van der Waals surface area contributed by atoms with Crippen LogP contribution in [0.15, 0.2) is 48.1 Å². The highest BCUT2D eigenvalue weighted by Gasteiger charge is 2.30. The first-order valence-electron chi connectivity index (χ1n) is 8.04. The predicted octanol–water partition coefficient (Wildman–Crippen LogP) is 4.10. The van der Waals surface area contributed by atoms with Crippen molar-refractivity contribution in [3.05, 3.63) is 54.4 Å². The molecule has 0 aliphatic heterocycles. The number of ketones is 1. The maximum absolute atomic E-state index is 12.1. The fraction of sp³-hybridized carbons (Fsp3) is 0.389. The number of hydrogen-bond acceptors (Lipinski definition) is 4. The van der Waals surface area contributed by atoms with E-state index in [1.807, 2.05) is 36.4 Å². The summed E-state index contributed by atoms with van der Waals surface area (Å²) in [6, 6.07) is 9.48. The Morgan fingerprint density at radius 1 is 1.30 bits per heavy atom. The van der Waals surface area contributed by atoms with Crippen LogP contribution in [0.2, 0.25) is 0 Å². The number of carbonyl (C=O) groups excluding carboxylic acids is 1. The molecule has 0 amide bonds. The van der Waals surface area contributed by atoms with Gasteiger partial charge in [0.1, 0.15) is 5.82 Å². The summed E-state index contributed by atoms with van der Waals surface area (Å²) < 4.78 is 2.16. The first kappa shape index (κ1) is 16.0. The Hall–Kier alpha value is -1.88. The number of hydrogen-bond donors (Lipinski definition) is 0. The molecule has 5 heteroatoms. The number of aromatic nitrogens is 3. The lowest BCUT2D eigenvalue weighted by atomic mass is 10.1. The second kappa shape index (κ2) is 7.59. The van der Waals surface area contributed by atoms with E-state index in [0.29, 0.717) is 12.3 Å². The molecule has 0 radical (unpaired) electrons. The lowest BCUT2D eigenvalue weighted by molar-refractivity contribution is 0.0982. The summed E-state index contributed by atoms with van der Waals surface area (Å²) in [7, 11) is 0. The van der Waals surface area contributed by atoms with Gasteiger partial charge in [0.25, 0.3) is 0 Å². The number of carbonyl (C=O) groups is 1. The van der Waals surface area contributed by atoms with Gasteiger partial charge < -0.3 is 4.57 Å². The molecule has 0 atom stereocenters. The van der Waals surface area contributed by atoms with Crippen LogP contribution in [0.1, 0.15) is 47.8 Å². The molecule has 120 valence electrons. The third-order valence-electron chi connectivity index (χ3n) is 3.87. The molecular formula is C18H21N3OS. The molecule has 0 N–H and O–H groups in total. The quantitative estimate of drug-likeness (QED) is 0.301. The number of benzene rings is 1. The van der Waals surface area contributed by atoms with Gasteiger partial charge in [-0.15, -0.1) is 16.8 Å². The van der Waals surface area contributed by atoms with E-state index in [0.717, 1.165) is 35.3 Å². The van der Waals surface area contributed by atoms with Gasteiger partial charge in [0.15, 0.2) is 10.9 Å². The average Bonchev–Trinajstić information content (AvgIpc) is 3.35. The topological polar surface area (TPSA) is 47.8 Å². The minimum absolute atomic E-state index is 0.206. The molecule has 0 bridgehead atoms. The maximum atomic E-state index is 12.1. The van der Waals surface area contributed by atoms with Crippen LogP contribution in [0, 0.1) is 0 Å². The van der Waals surface area contributed by atoms with E-state index in [-0.39, 0.29) is 5.78 Å². The van der Waals surface area contributed by atoms with E-state index in [9.17, 15) is 4.79 Å². The van der Waals surface area contributed by atoms with Crippen LogP contribution in [0.25, 0.3) is 0 Å². The molecule has 1 fully saturated rings. The summed E-state index contributed by atoms with van der Waals surface area (Å²) in [5.41, 5.74) is 0.795. The zero-order valence-corrected chi connectivity index (χ0v) is 14.0. The molecule has 0 spiro atoms. The molecule has 23 heavy (non-hydrogen) atoms. The molecule has 1 aromatic carbocycles. The van der Waals surface area contributed by atoms with E-state index >= 15 is 0 Å². The fourth-order valence-electron chi connectivity index (χ4n) is 2.52. The van der Waals surface area contributed by atoms with Crippen LogP contribution in [-0.2, 0) is 6.54 Å². The van der Waals surface area contributed by atoms with E-state index in [4.69, 9.17) is 0 Å². The summed E-state index contributed by atoms with van der Waals surface area (Å²) >= 11 is 1.68. The van der Waals surface area contributed by atoms with Crippen molar-refractivity contribution in [2.45, 2.75) is 43.3 Å². The summed E-state index contributed by atoms with van der Waals surface area (Å²) in [5, 5.41) is 9.59. The average molecular weight is 327 g/mol. The van der Waals surface area contributed by atoms with Crippen molar-refractivity contribution in [2.75, 3.05) is 5.75 Å². The molecule has 2 aromatic rings. The number of Topliss-reactive ketones (excluding diaryl/α,β-unsaturated/α-hetero) is 1. The molecule has 4 nitrogen and oxygen atoms in total. The molecule has 1 saturated carbocycles. The van der Waals surface area contributed by atoms with Crippen LogP contribution in [0.5, 0.6) is 0 Å². The first-order valence-corrected chi connectivity index (χ1v) is 9.03.